The number of nitrogens with one attached hydrogen (secondary N) is 1. The predicted octanol–water partition coefficient (Wildman–Crippen LogP) is 3.04. The summed E-state index contributed by atoms with van der Waals surface area (Å²) in [5.41, 5.74) is 0.998. The Labute approximate surface area is 165 Å². The van der Waals surface area contributed by atoms with Crippen LogP contribution in [-0.2, 0) is 9.53 Å². The molecule has 0 saturated heterocycles. The largest absolute Gasteiger partial charge is 0.465 e. The van der Waals surface area contributed by atoms with Crippen LogP contribution in [0.5, 0.6) is 0 Å². The van der Waals surface area contributed by atoms with Gasteiger partial charge in [0.2, 0.25) is 5.91 Å². The van der Waals surface area contributed by atoms with E-state index < -0.39 is 23.5 Å². The first kappa shape index (κ1) is 19.9. The lowest BCUT2D eigenvalue weighted by Gasteiger charge is -2.16. The van der Waals surface area contributed by atoms with Crippen LogP contribution in [0, 0.1) is 5.82 Å². The summed E-state index contributed by atoms with van der Waals surface area (Å²) >= 11 is 0. The quantitative estimate of drug-likeness (QED) is 0.671. The fourth-order valence-corrected chi connectivity index (χ4v) is 2.71. The minimum Gasteiger partial charge on any atom is -0.465 e. The zero-order valence-corrected chi connectivity index (χ0v) is 15.8. The van der Waals surface area contributed by atoms with E-state index in [0.717, 1.165) is 4.68 Å². The maximum absolute atomic E-state index is 13.1. The summed E-state index contributed by atoms with van der Waals surface area (Å²) < 4.78 is 18.9. The number of amides is 1. The smallest absolute Gasteiger partial charge is 0.339 e. The highest BCUT2D eigenvalue weighted by molar-refractivity contribution is 6.02. The molecule has 1 N–H and O–H groups in total. The van der Waals surface area contributed by atoms with Crippen molar-refractivity contribution in [2.75, 3.05) is 12.4 Å². The first-order valence-corrected chi connectivity index (χ1v) is 8.74. The number of nitrogens with zero attached hydrogens (tertiary/aromatic N) is 2. The highest BCUT2D eigenvalue weighted by Crippen LogP contribution is 2.19. The zero-order chi connectivity index (χ0) is 21.0. The van der Waals surface area contributed by atoms with Crippen molar-refractivity contribution in [3.8, 4) is 11.3 Å². The molecule has 0 fully saturated rings. The number of aromatic nitrogens is 2. The summed E-state index contributed by atoms with van der Waals surface area (Å²) in [5, 5.41) is 6.87. The second-order valence-electron chi connectivity index (χ2n) is 6.21. The Morgan fingerprint density at radius 1 is 1.07 bits per heavy atom. The third-order valence-electron chi connectivity index (χ3n) is 4.30. The van der Waals surface area contributed by atoms with Gasteiger partial charge in [-0.05, 0) is 49.4 Å². The standard InChI is InChI=1S/C21H18FN3O4/c1-13(20(27)23-18-6-4-3-5-16(18)21(28)29-2)25-19(26)12-11-17(24-25)14-7-9-15(22)10-8-14/h3-13H,1-2H3,(H,23,27). The minimum absolute atomic E-state index is 0.191. The van der Waals surface area contributed by atoms with Crippen molar-refractivity contribution in [3.05, 3.63) is 82.4 Å². The summed E-state index contributed by atoms with van der Waals surface area (Å²) in [7, 11) is 1.24. The van der Waals surface area contributed by atoms with E-state index in [4.69, 9.17) is 4.74 Å². The number of esters is 1. The molecule has 148 valence electrons. The SMILES string of the molecule is COC(=O)c1ccccc1NC(=O)C(C)n1nc(-c2ccc(F)cc2)ccc1=O. The Hall–Kier alpha value is -3.81. The monoisotopic (exact) mass is 395 g/mol. The van der Waals surface area contributed by atoms with Crippen LogP contribution >= 0.6 is 0 Å². The van der Waals surface area contributed by atoms with E-state index in [1.54, 1.807) is 18.2 Å². The summed E-state index contributed by atoms with van der Waals surface area (Å²) in [5.74, 6) is -1.52. The molecule has 1 unspecified atom stereocenters. The topological polar surface area (TPSA) is 90.3 Å². The Morgan fingerprint density at radius 3 is 2.45 bits per heavy atom. The van der Waals surface area contributed by atoms with Gasteiger partial charge in [-0.2, -0.15) is 5.10 Å². The van der Waals surface area contributed by atoms with Gasteiger partial charge in [-0.15, -0.1) is 0 Å². The van der Waals surface area contributed by atoms with Crippen LogP contribution in [0.3, 0.4) is 0 Å². The molecule has 1 amide bonds. The van der Waals surface area contributed by atoms with Crippen LogP contribution in [-0.4, -0.2) is 28.8 Å². The van der Waals surface area contributed by atoms with Crippen LogP contribution in [0.25, 0.3) is 11.3 Å². The van der Waals surface area contributed by atoms with E-state index in [1.165, 1.54) is 56.5 Å². The molecule has 29 heavy (non-hydrogen) atoms. The number of halogens is 1. The number of hydrogen-bond acceptors (Lipinski definition) is 5. The normalized spacial score (nSPS) is 11.6. The second kappa shape index (κ2) is 8.47. The molecule has 3 aromatic rings. The molecule has 0 aliphatic carbocycles. The van der Waals surface area contributed by atoms with E-state index >= 15 is 0 Å². The lowest BCUT2D eigenvalue weighted by Crippen LogP contribution is -2.33. The molecule has 1 heterocycles. The summed E-state index contributed by atoms with van der Waals surface area (Å²) in [6.07, 6.45) is 0. The van der Waals surface area contributed by atoms with Gasteiger partial charge in [-0.3, -0.25) is 9.59 Å². The van der Waals surface area contributed by atoms with Crippen molar-refractivity contribution < 1.29 is 18.7 Å². The summed E-state index contributed by atoms with van der Waals surface area (Å²) in [4.78, 5) is 36.8. The number of methoxy groups -OCH3 is 1. The number of benzene rings is 2. The number of ether oxygens (including phenoxy) is 1. The lowest BCUT2D eigenvalue weighted by atomic mass is 10.1. The minimum atomic E-state index is -0.964. The molecule has 1 atom stereocenters. The predicted molar refractivity (Wildman–Crippen MR) is 105 cm³/mol. The van der Waals surface area contributed by atoms with Gasteiger partial charge in [0.25, 0.3) is 5.56 Å². The first-order chi connectivity index (χ1) is 13.9. The lowest BCUT2D eigenvalue weighted by molar-refractivity contribution is -0.119. The van der Waals surface area contributed by atoms with Crippen molar-refractivity contribution in [3.63, 3.8) is 0 Å². The Balaban J connectivity index is 1.89. The van der Waals surface area contributed by atoms with Gasteiger partial charge in [0.1, 0.15) is 11.9 Å². The van der Waals surface area contributed by atoms with E-state index in [1.807, 2.05) is 0 Å². The Kier molecular flexibility index (Phi) is 5.82. The van der Waals surface area contributed by atoms with Crippen LogP contribution < -0.4 is 10.9 Å². The molecule has 0 bridgehead atoms. The molecule has 1 aromatic heterocycles. The number of rotatable bonds is 5. The van der Waals surface area contributed by atoms with Crippen molar-refractivity contribution >= 4 is 17.6 Å². The fraction of sp³-hybridized carbons (Fsp3) is 0.143. The third-order valence-corrected chi connectivity index (χ3v) is 4.30. The summed E-state index contributed by atoms with van der Waals surface area (Å²) in [6.45, 7) is 1.51. The van der Waals surface area contributed by atoms with Crippen molar-refractivity contribution in [1.82, 2.24) is 9.78 Å². The van der Waals surface area contributed by atoms with E-state index in [2.05, 4.69) is 10.4 Å². The molecule has 0 aliphatic rings. The molecular formula is C21H18FN3O4. The molecule has 7 nitrogen and oxygen atoms in total. The van der Waals surface area contributed by atoms with Gasteiger partial charge < -0.3 is 10.1 Å². The second-order valence-corrected chi connectivity index (χ2v) is 6.21. The van der Waals surface area contributed by atoms with Crippen molar-refractivity contribution in [1.29, 1.82) is 0 Å². The number of carbonyl (C=O) groups excluding carboxylic acids is 2. The van der Waals surface area contributed by atoms with Gasteiger partial charge in [0, 0.05) is 11.6 Å². The molecule has 3 rings (SSSR count). The average molecular weight is 395 g/mol. The van der Waals surface area contributed by atoms with Gasteiger partial charge in [-0.1, -0.05) is 12.1 Å². The number of carbonyl (C=O) groups is 2. The molecule has 0 spiro atoms. The Bertz CT molecular complexity index is 1110. The van der Waals surface area contributed by atoms with Crippen LogP contribution in [0.4, 0.5) is 10.1 Å². The first-order valence-electron chi connectivity index (χ1n) is 8.74. The van der Waals surface area contributed by atoms with Crippen LogP contribution in [0.15, 0.2) is 65.5 Å². The molecule has 2 aromatic carbocycles. The molecule has 0 aliphatic heterocycles. The molecule has 0 saturated carbocycles. The summed E-state index contributed by atoms with van der Waals surface area (Å²) in [6, 6.07) is 13.8. The maximum atomic E-state index is 13.1. The highest BCUT2D eigenvalue weighted by Gasteiger charge is 2.20. The van der Waals surface area contributed by atoms with Crippen molar-refractivity contribution in [2.45, 2.75) is 13.0 Å². The third kappa shape index (κ3) is 4.37. The van der Waals surface area contributed by atoms with Crippen LogP contribution in [0.1, 0.15) is 23.3 Å². The van der Waals surface area contributed by atoms with Gasteiger partial charge in [-0.25, -0.2) is 13.9 Å². The average Bonchev–Trinajstić information content (AvgIpc) is 2.74. The van der Waals surface area contributed by atoms with Gasteiger partial charge >= 0.3 is 5.97 Å². The number of para-hydroxylation sites is 1. The number of anilines is 1. The number of hydrogen-bond donors (Lipinski definition) is 1. The molecule has 0 radical (unpaired) electrons. The maximum Gasteiger partial charge on any atom is 0.339 e. The highest BCUT2D eigenvalue weighted by atomic mass is 19.1. The van der Waals surface area contributed by atoms with E-state index in [0.29, 0.717) is 11.3 Å². The molecular weight excluding hydrogens is 377 g/mol. The Morgan fingerprint density at radius 2 is 1.76 bits per heavy atom. The van der Waals surface area contributed by atoms with Crippen LogP contribution in [0.2, 0.25) is 0 Å². The molecule has 8 heteroatoms. The van der Waals surface area contributed by atoms with Crippen molar-refractivity contribution in [2.24, 2.45) is 0 Å². The van der Waals surface area contributed by atoms with E-state index in [-0.39, 0.29) is 17.1 Å². The van der Waals surface area contributed by atoms with E-state index in [9.17, 15) is 18.8 Å². The fourth-order valence-electron chi connectivity index (χ4n) is 2.71. The van der Waals surface area contributed by atoms with Gasteiger partial charge in [0.15, 0.2) is 0 Å². The zero-order valence-electron chi connectivity index (χ0n) is 15.8. The van der Waals surface area contributed by atoms with Gasteiger partial charge in [0.05, 0.1) is 24.1 Å².